The summed E-state index contributed by atoms with van der Waals surface area (Å²) in [7, 11) is 0. The van der Waals surface area contributed by atoms with E-state index >= 15 is 0 Å². The van der Waals surface area contributed by atoms with Crippen LogP contribution in [0.15, 0.2) is 72.8 Å². The highest BCUT2D eigenvalue weighted by atomic mass is 16.5. The molecule has 1 atom stereocenters. The molecule has 0 amide bonds. The SMILES string of the molecule is C(=CC(OCc1ccccc1)c1ccccc1)CC1CCCCC1. The molecule has 1 saturated carbocycles. The van der Waals surface area contributed by atoms with E-state index in [1.165, 1.54) is 49.7 Å². The first-order chi connectivity index (χ1) is 11.9. The van der Waals surface area contributed by atoms with Gasteiger partial charge in [0.2, 0.25) is 0 Å². The fraction of sp³-hybridized carbons (Fsp3) is 0.391. The first-order valence-electron chi connectivity index (χ1n) is 9.29. The van der Waals surface area contributed by atoms with Crippen LogP contribution in [0.3, 0.4) is 0 Å². The van der Waals surface area contributed by atoms with E-state index in [0.717, 1.165) is 5.92 Å². The highest BCUT2D eigenvalue weighted by Gasteiger charge is 2.13. The predicted octanol–water partition coefficient (Wildman–Crippen LogP) is 6.47. The largest absolute Gasteiger partial charge is 0.365 e. The smallest absolute Gasteiger partial charge is 0.101 e. The molecule has 0 bridgehead atoms. The first-order valence-corrected chi connectivity index (χ1v) is 9.29. The molecule has 0 radical (unpaired) electrons. The lowest BCUT2D eigenvalue weighted by molar-refractivity contribution is 0.0715. The second-order valence-electron chi connectivity index (χ2n) is 6.80. The Balaban J connectivity index is 1.61. The lowest BCUT2D eigenvalue weighted by Crippen LogP contribution is -2.05. The quantitative estimate of drug-likeness (QED) is 0.531. The average Bonchev–Trinajstić information content (AvgIpc) is 2.67. The molecule has 0 N–H and O–H groups in total. The van der Waals surface area contributed by atoms with Gasteiger partial charge in [-0.15, -0.1) is 0 Å². The Morgan fingerprint density at radius 3 is 2.25 bits per heavy atom. The van der Waals surface area contributed by atoms with Crippen molar-refractivity contribution in [1.82, 2.24) is 0 Å². The van der Waals surface area contributed by atoms with E-state index in [-0.39, 0.29) is 6.10 Å². The van der Waals surface area contributed by atoms with Crippen LogP contribution in [-0.2, 0) is 11.3 Å². The van der Waals surface area contributed by atoms with Gasteiger partial charge in [-0.05, 0) is 23.5 Å². The molecule has 1 aliphatic rings. The Morgan fingerprint density at radius 2 is 1.54 bits per heavy atom. The van der Waals surface area contributed by atoms with Gasteiger partial charge in [0.1, 0.15) is 6.10 Å². The number of hydrogen-bond acceptors (Lipinski definition) is 1. The zero-order valence-electron chi connectivity index (χ0n) is 14.4. The first kappa shape index (κ1) is 17.0. The highest BCUT2D eigenvalue weighted by molar-refractivity contribution is 5.22. The molecule has 0 spiro atoms. The van der Waals surface area contributed by atoms with Crippen molar-refractivity contribution in [2.24, 2.45) is 5.92 Å². The molecule has 3 rings (SSSR count). The molecule has 0 saturated heterocycles. The van der Waals surface area contributed by atoms with Gasteiger partial charge >= 0.3 is 0 Å². The molecule has 1 nitrogen and oxygen atoms in total. The molecule has 1 heteroatoms. The Hall–Kier alpha value is -1.86. The van der Waals surface area contributed by atoms with Crippen molar-refractivity contribution in [2.75, 3.05) is 0 Å². The Kier molecular flexibility index (Phi) is 6.68. The van der Waals surface area contributed by atoms with Gasteiger partial charge < -0.3 is 4.74 Å². The summed E-state index contributed by atoms with van der Waals surface area (Å²) in [5.41, 5.74) is 2.45. The lowest BCUT2D eigenvalue weighted by atomic mass is 9.87. The van der Waals surface area contributed by atoms with Crippen LogP contribution in [0.5, 0.6) is 0 Å². The number of hydrogen-bond donors (Lipinski definition) is 0. The molecule has 1 unspecified atom stereocenters. The van der Waals surface area contributed by atoms with Crippen LogP contribution >= 0.6 is 0 Å². The molecule has 126 valence electrons. The summed E-state index contributed by atoms with van der Waals surface area (Å²) in [6, 6.07) is 20.9. The van der Waals surface area contributed by atoms with Crippen molar-refractivity contribution in [2.45, 2.75) is 51.2 Å². The normalized spacial score (nSPS) is 17.2. The minimum absolute atomic E-state index is 0.0370. The molecular weight excluding hydrogens is 292 g/mol. The summed E-state index contributed by atoms with van der Waals surface area (Å²) in [6.07, 6.45) is 12.9. The van der Waals surface area contributed by atoms with Crippen molar-refractivity contribution in [3.63, 3.8) is 0 Å². The van der Waals surface area contributed by atoms with Crippen molar-refractivity contribution < 1.29 is 4.74 Å². The summed E-state index contributed by atoms with van der Waals surface area (Å²) >= 11 is 0. The van der Waals surface area contributed by atoms with E-state index < -0.39 is 0 Å². The molecule has 0 heterocycles. The minimum Gasteiger partial charge on any atom is -0.365 e. The van der Waals surface area contributed by atoms with Crippen LogP contribution in [0.4, 0.5) is 0 Å². The molecule has 1 aliphatic carbocycles. The molecule has 0 aromatic heterocycles. The molecule has 0 aliphatic heterocycles. The van der Waals surface area contributed by atoms with Crippen LogP contribution in [0.2, 0.25) is 0 Å². The zero-order chi connectivity index (χ0) is 16.5. The summed E-state index contributed by atoms with van der Waals surface area (Å²) in [5.74, 6) is 0.876. The van der Waals surface area contributed by atoms with E-state index in [1.54, 1.807) is 0 Å². The number of benzene rings is 2. The van der Waals surface area contributed by atoms with Crippen molar-refractivity contribution in [1.29, 1.82) is 0 Å². The Bertz CT molecular complexity index is 596. The summed E-state index contributed by atoms with van der Waals surface area (Å²) in [6.45, 7) is 0.647. The van der Waals surface area contributed by atoms with Gasteiger partial charge in [0.05, 0.1) is 6.61 Å². The van der Waals surface area contributed by atoms with Crippen molar-refractivity contribution >= 4 is 0 Å². The fourth-order valence-corrected chi connectivity index (χ4v) is 3.48. The van der Waals surface area contributed by atoms with E-state index in [1.807, 2.05) is 6.07 Å². The predicted molar refractivity (Wildman–Crippen MR) is 101 cm³/mol. The Labute approximate surface area is 146 Å². The number of ether oxygens (including phenoxy) is 1. The van der Waals surface area contributed by atoms with E-state index in [2.05, 4.69) is 66.7 Å². The van der Waals surface area contributed by atoms with Crippen LogP contribution < -0.4 is 0 Å². The zero-order valence-corrected chi connectivity index (χ0v) is 14.4. The summed E-state index contributed by atoms with van der Waals surface area (Å²) in [5, 5.41) is 0. The maximum atomic E-state index is 6.22. The lowest BCUT2D eigenvalue weighted by Gasteiger charge is -2.20. The van der Waals surface area contributed by atoms with E-state index in [9.17, 15) is 0 Å². The molecule has 2 aromatic rings. The van der Waals surface area contributed by atoms with Gasteiger partial charge in [0.25, 0.3) is 0 Å². The number of allylic oxidation sites excluding steroid dienone is 1. The van der Waals surface area contributed by atoms with Crippen LogP contribution in [0, 0.1) is 5.92 Å². The average molecular weight is 320 g/mol. The van der Waals surface area contributed by atoms with Gasteiger partial charge in [-0.3, -0.25) is 0 Å². The summed E-state index contributed by atoms with van der Waals surface area (Å²) < 4.78 is 6.22. The second-order valence-corrected chi connectivity index (χ2v) is 6.80. The maximum Gasteiger partial charge on any atom is 0.101 e. The van der Waals surface area contributed by atoms with Gasteiger partial charge in [-0.1, -0.05) is 105 Å². The van der Waals surface area contributed by atoms with Crippen LogP contribution in [0.25, 0.3) is 0 Å². The van der Waals surface area contributed by atoms with Gasteiger partial charge in [-0.2, -0.15) is 0 Å². The maximum absolute atomic E-state index is 6.22. The molecular formula is C23H28O. The standard InChI is InChI=1S/C23H28O/c1-4-11-20(12-5-1)15-10-18-23(22-16-8-3-9-17-22)24-19-21-13-6-2-7-14-21/h2-3,6-10,13-14,16-18,20,23H,1,4-5,11-12,15,19H2. The van der Waals surface area contributed by atoms with Crippen LogP contribution in [-0.4, -0.2) is 0 Å². The third kappa shape index (κ3) is 5.35. The van der Waals surface area contributed by atoms with Crippen molar-refractivity contribution in [3.8, 4) is 0 Å². The second kappa shape index (κ2) is 9.44. The van der Waals surface area contributed by atoms with Crippen LogP contribution in [0.1, 0.15) is 55.8 Å². The third-order valence-corrected chi connectivity index (χ3v) is 4.91. The minimum atomic E-state index is 0.0370. The number of rotatable bonds is 7. The monoisotopic (exact) mass is 320 g/mol. The third-order valence-electron chi connectivity index (χ3n) is 4.91. The van der Waals surface area contributed by atoms with Gasteiger partial charge in [0.15, 0.2) is 0 Å². The van der Waals surface area contributed by atoms with Crippen molar-refractivity contribution in [3.05, 3.63) is 83.9 Å². The fourth-order valence-electron chi connectivity index (χ4n) is 3.48. The Morgan fingerprint density at radius 1 is 0.875 bits per heavy atom. The molecule has 24 heavy (non-hydrogen) atoms. The topological polar surface area (TPSA) is 9.23 Å². The van der Waals surface area contributed by atoms with E-state index in [0.29, 0.717) is 6.61 Å². The molecule has 2 aromatic carbocycles. The highest BCUT2D eigenvalue weighted by Crippen LogP contribution is 2.27. The van der Waals surface area contributed by atoms with E-state index in [4.69, 9.17) is 4.74 Å². The van der Waals surface area contributed by atoms with Gasteiger partial charge in [0, 0.05) is 0 Å². The van der Waals surface area contributed by atoms with Gasteiger partial charge in [-0.25, -0.2) is 0 Å². The molecule has 1 fully saturated rings. The summed E-state index contributed by atoms with van der Waals surface area (Å²) in [4.78, 5) is 0.